The first-order chi connectivity index (χ1) is 13.5. The average molecular weight is 401 g/mol. The molecule has 0 unspecified atom stereocenters. The van der Waals surface area contributed by atoms with Gasteiger partial charge in [-0.15, -0.1) is 11.3 Å². The Balaban J connectivity index is 2.24. The number of aromatic nitrogens is 2. The molecule has 0 atom stereocenters. The lowest BCUT2D eigenvalue weighted by Crippen LogP contribution is -2.25. The van der Waals surface area contributed by atoms with Gasteiger partial charge in [-0.1, -0.05) is 17.7 Å². The van der Waals surface area contributed by atoms with E-state index in [9.17, 15) is 14.4 Å². The largest absolute Gasteiger partial charge is 0.461 e. The molecule has 8 nitrogen and oxygen atoms in total. The minimum absolute atomic E-state index is 0.00480. The Morgan fingerprint density at radius 1 is 1.14 bits per heavy atom. The predicted molar refractivity (Wildman–Crippen MR) is 107 cm³/mol. The average Bonchev–Trinajstić information content (AvgIpc) is 3.07. The number of nitrogens with one attached hydrogen (secondary N) is 1. The van der Waals surface area contributed by atoms with Gasteiger partial charge in [0.05, 0.1) is 24.3 Å². The highest BCUT2D eigenvalue weighted by molar-refractivity contribution is 7.16. The van der Waals surface area contributed by atoms with Crippen LogP contribution in [0.5, 0.6) is 0 Å². The summed E-state index contributed by atoms with van der Waals surface area (Å²) in [6.07, 6.45) is -0.679. The summed E-state index contributed by atoms with van der Waals surface area (Å²) in [5, 5.41) is 9.18. The number of thiophene rings is 1. The van der Waals surface area contributed by atoms with Crippen molar-refractivity contribution < 1.29 is 19.1 Å². The summed E-state index contributed by atoms with van der Waals surface area (Å²) in [5.41, 5.74) is 1.06. The highest BCUT2D eigenvalue weighted by Crippen LogP contribution is 2.30. The number of ether oxygens (including phenoxy) is 2. The molecule has 2 heterocycles. The number of aryl methyl sites for hydroxylation is 1. The van der Waals surface area contributed by atoms with Gasteiger partial charge in [0.15, 0.2) is 5.69 Å². The number of anilines is 1. The number of hydrogen-bond donors (Lipinski definition) is 1. The fraction of sp³-hybridized carbons (Fsp3) is 0.263. The van der Waals surface area contributed by atoms with E-state index in [1.165, 1.54) is 0 Å². The molecule has 0 spiro atoms. The molecule has 0 fully saturated rings. The zero-order chi connectivity index (χ0) is 20.3. The van der Waals surface area contributed by atoms with Crippen LogP contribution in [0.1, 0.15) is 29.9 Å². The molecule has 9 heteroatoms. The Morgan fingerprint density at radius 2 is 1.82 bits per heavy atom. The number of carbonyl (C=O) groups excluding carboxylic acids is 2. The van der Waals surface area contributed by atoms with Crippen LogP contribution in [0.4, 0.5) is 9.80 Å². The summed E-state index contributed by atoms with van der Waals surface area (Å²) in [6, 6.07) is 7.14. The number of esters is 1. The van der Waals surface area contributed by atoms with Crippen LogP contribution < -0.4 is 10.9 Å². The van der Waals surface area contributed by atoms with Crippen molar-refractivity contribution in [1.29, 1.82) is 0 Å². The Labute approximate surface area is 164 Å². The van der Waals surface area contributed by atoms with E-state index in [0.717, 1.165) is 21.6 Å². The first-order valence-electron chi connectivity index (χ1n) is 8.68. The van der Waals surface area contributed by atoms with E-state index in [4.69, 9.17) is 9.47 Å². The monoisotopic (exact) mass is 401 g/mol. The van der Waals surface area contributed by atoms with E-state index in [0.29, 0.717) is 11.1 Å². The first kappa shape index (κ1) is 19.6. The Hall–Kier alpha value is -3.20. The van der Waals surface area contributed by atoms with Gasteiger partial charge in [0.2, 0.25) is 0 Å². The molecule has 0 aliphatic heterocycles. The maximum Gasteiger partial charge on any atom is 0.412 e. The van der Waals surface area contributed by atoms with Crippen molar-refractivity contribution in [1.82, 2.24) is 9.78 Å². The van der Waals surface area contributed by atoms with Gasteiger partial charge in [-0.25, -0.2) is 9.59 Å². The topological polar surface area (TPSA) is 99.5 Å². The molecule has 0 saturated heterocycles. The van der Waals surface area contributed by atoms with Gasteiger partial charge in [-0.3, -0.25) is 10.1 Å². The normalized spacial score (nSPS) is 10.7. The molecule has 1 amide bonds. The third-order valence-electron chi connectivity index (χ3n) is 3.89. The van der Waals surface area contributed by atoms with Crippen LogP contribution >= 0.6 is 11.3 Å². The van der Waals surface area contributed by atoms with Crippen LogP contribution in [0.15, 0.2) is 34.4 Å². The summed E-state index contributed by atoms with van der Waals surface area (Å²) < 4.78 is 11.1. The number of carbonyl (C=O) groups is 2. The highest BCUT2D eigenvalue weighted by atomic mass is 32.1. The van der Waals surface area contributed by atoms with Crippen LogP contribution in [0, 0.1) is 6.92 Å². The molecule has 3 aromatic rings. The molecule has 2 aromatic heterocycles. The standard InChI is InChI=1S/C19H19N3O5S/c1-4-26-18(24)15-13-10-28-16(20-19(25)27-5-2)14(13)17(23)22(21-15)12-8-6-11(3)7-9-12/h6-10H,4-5H2,1-3H3,(H,20,25). The van der Waals surface area contributed by atoms with Crippen molar-refractivity contribution in [2.75, 3.05) is 18.5 Å². The zero-order valence-electron chi connectivity index (χ0n) is 15.6. The molecule has 0 saturated carbocycles. The van der Waals surface area contributed by atoms with E-state index in [-0.39, 0.29) is 29.3 Å². The molecule has 146 valence electrons. The third kappa shape index (κ3) is 3.74. The van der Waals surface area contributed by atoms with Gasteiger partial charge >= 0.3 is 12.1 Å². The van der Waals surface area contributed by atoms with Crippen LogP contribution in [0.25, 0.3) is 16.5 Å². The second kappa shape index (κ2) is 8.22. The minimum Gasteiger partial charge on any atom is -0.461 e. The Kier molecular flexibility index (Phi) is 5.74. The van der Waals surface area contributed by atoms with E-state index >= 15 is 0 Å². The summed E-state index contributed by atoms with van der Waals surface area (Å²) >= 11 is 1.11. The van der Waals surface area contributed by atoms with Gasteiger partial charge in [0.1, 0.15) is 5.00 Å². The highest BCUT2D eigenvalue weighted by Gasteiger charge is 2.23. The molecule has 0 aliphatic carbocycles. The summed E-state index contributed by atoms with van der Waals surface area (Å²) in [6.45, 7) is 5.65. The maximum atomic E-state index is 13.1. The van der Waals surface area contributed by atoms with E-state index < -0.39 is 17.6 Å². The van der Waals surface area contributed by atoms with Crippen molar-refractivity contribution in [3.63, 3.8) is 0 Å². The van der Waals surface area contributed by atoms with E-state index in [1.54, 1.807) is 31.4 Å². The first-order valence-corrected chi connectivity index (χ1v) is 9.56. The number of rotatable bonds is 5. The van der Waals surface area contributed by atoms with Crippen molar-refractivity contribution in [3.05, 3.63) is 51.3 Å². The number of hydrogen-bond acceptors (Lipinski definition) is 7. The predicted octanol–water partition coefficient (Wildman–Crippen LogP) is 3.50. The molecule has 0 radical (unpaired) electrons. The maximum absolute atomic E-state index is 13.1. The van der Waals surface area contributed by atoms with Crippen molar-refractivity contribution in [2.24, 2.45) is 0 Å². The van der Waals surface area contributed by atoms with Crippen LogP contribution in [0.3, 0.4) is 0 Å². The number of fused-ring (bicyclic) bond motifs is 1. The lowest BCUT2D eigenvalue weighted by Gasteiger charge is -2.10. The molecule has 1 aromatic carbocycles. The van der Waals surface area contributed by atoms with E-state index in [2.05, 4.69) is 10.4 Å². The number of amides is 1. The molecular formula is C19H19N3O5S. The Morgan fingerprint density at radius 3 is 2.46 bits per heavy atom. The molecule has 0 aliphatic rings. The number of nitrogens with zero attached hydrogens (tertiary/aromatic N) is 2. The quantitative estimate of drug-likeness (QED) is 0.657. The van der Waals surface area contributed by atoms with Gasteiger partial charge in [-0.2, -0.15) is 9.78 Å². The van der Waals surface area contributed by atoms with Crippen molar-refractivity contribution in [3.8, 4) is 5.69 Å². The van der Waals surface area contributed by atoms with Crippen LogP contribution in [0.2, 0.25) is 0 Å². The molecular weight excluding hydrogens is 382 g/mol. The molecule has 1 N–H and O–H groups in total. The second-order valence-corrected chi connectivity index (χ2v) is 6.70. The summed E-state index contributed by atoms with van der Waals surface area (Å²) in [4.78, 5) is 37.4. The molecule has 3 rings (SSSR count). The third-order valence-corrected chi connectivity index (χ3v) is 4.79. The smallest absolute Gasteiger partial charge is 0.412 e. The number of benzene rings is 1. The second-order valence-electron chi connectivity index (χ2n) is 5.82. The van der Waals surface area contributed by atoms with Gasteiger partial charge in [-0.05, 0) is 32.9 Å². The zero-order valence-corrected chi connectivity index (χ0v) is 16.5. The van der Waals surface area contributed by atoms with Gasteiger partial charge in [0.25, 0.3) is 5.56 Å². The van der Waals surface area contributed by atoms with Crippen LogP contribution in [-0.2, 0) is 9.47 Å². The van der Waals surface area contributed by atoms with Crippen LogP contribution in [-0.4, -0.2) is 35.1 Å². The SMILES string of the molecule is CCOC(=O)Nc1scc2c(C(=O)OCC)nn(-c3ccc(C)cc3)c(=O)c12. The summed E-state index contributed by atoms with van der Waals surface area (Å²) in [7, 11) is 0. The Bertz CT molecular complexity index is 1090. The fourth-order valence-corrected chi connectivity index (χ4v) is 3.54. The lowest BCUT2D eigenvalue weighted by atomic mass is 10.2. The van der Waals surface area contributed by atoms with Gasteiger partial charge < -0.3 is 9.47 Å². The van der Waals surface area contributed by atoms with Crippen molar-refractivity contribution in [2.45, 2.75) is 20.8 Å². The lowest BCUT2D eigenvalue weighted by molar-refractivity contribution is 0.0520. The molecule has 0 bridgehead atoms. The van der Waals surface area contributed by atoms with E-state index in [1.807, 2.05) is 19.1 Å². The summed E-state index contributed by atoms with van der Waals surface area (Å²) in [5.74, 6) is -0.645. The van der Waals surface area contributed by atoms with Crippen molar-refractivity contribution >= 4 is 39.2 Å². The molecule has 28 heavy (non-hydrogen) atoms. The fourth-order valence-electron chi connectivity index (χ4n) is 2.61. The minimum atomic E-state index is -0.679. The van der Waals surface area contributed by atoms with Gasteiger partial charge in [0, 0.05) is 10.8 Å².